The zero-order valence-corrected chi connectivity index (χ0v) is 11.7. The first-order chi connectivity index (χ1) is 8.97. The van der Waals surface area contributed by atoms with Crippen LogP contribution in [-0.2, 0) is 6.42 Å². The second-order valence-corrected chi connectivity index (χ2v) is 4.96. The molecule has 0 radical (unpaired) electrons. The van der Waals surface area contributed by atoms with Crippen LogP contribution in [0.3, 0.4) is 0 Å². The number of halogens is 3. The second kappa shape index (κ2) is 5.63. The molecule has 19 heavy (non-hydrogen) atoms. The SMILES string of the molecule is O=C(O)c1nc(Cc2ccc(F)cc2Cl)ncc1Br. The Morgan fingerprint density at radius 3 is 2.84 bits per heavy atom. The van der Waals surface area contributed by atoms with Gasteiger partial charge in [0.05, 0.1) is 4.47 Å². The highest BCUT2D eigenvalue weighted by molar-refractivity contribution is 9.10. The van der Waals surface area contributed by atoms with Crippen molar-refractivity contribution >= 4 is 33.5 Å². The Morgan fingerprint density at radius 2 is 2.21 bits per heavy atom. The van der Waals surface area contributed by atoms with E-state index in [1.807, 2.05) is 0 Å². The molecular formula is C12H7BrClFN2O2. The Bertz CT molecular complexity index is 652. The molecule has 2 rings (SSSR count). The Hall–Kier alpha value is -1.53. The first-order valence-electron chi connectivity index (χ1n) is 5.16. The van der Waals surface area contributed by atoms with Gasteiger partial charge in [0.1, 0.15) is 11.6 Å². The lowest BCUT2D eigenvalue weighted by molar-refractivity contribution is 0.0688. The molecule has 0 fully saturated rings. The number of hydrogen-bond donors (Lipinski definition) is 1. The molecule has 7 heteroatoms. The third kappa shape index (κ3) is 3.27. The predicted molar refractivity (Wildman–Crippen MR) is 70.9 cm³/mol. The van der Waals surface area contributed by atoms with Gasteiger partial charge < -0.3 is 5.11 Å². The van der Waals surface area contributed by atoms with Crippen molar-refractivity contribution in [3.05, 3.63) is 56.8 Å². The fourth-order valence-corrected chi connectivity index (χ4v) is 2.07. The molecule has 0 aliphatic heterocycles. The average molecular weight is 346 g/mol. The van der Waals surface area contributed by atoms with E-state index in [4.69, 9.17) is 16.7 Å². The van der Waals surface area contributed by atoms with E-state index >= 15 is 0 Å². The van der Waals surface area contributed by atoms with Crippen molar-refractivity contribution in [3.63, 3.8) is 0 Å². The van der Waals surface area contributed by atoms with Gasteiger partial charge in [-0.05, 0) is 33.6 Å². The van der Waals surface area contributed by atoms with Crippen LogP contribution in [0.2, 0.25) is 5.02 Å². The topological polar surface area (TPSA) is 63.1 Å². The van der Waals surface area contributed by atoms with Crippen molar-refractivity contribution in [2.75, 3.05) is 0 Å². The van der Waals surface area contributed by atoms with Gasteiger partial charge in [-0.2, -0.15) is 0 Å². The molecule has 1 aromatic carbocycles. The van der Waals surface area contributed by atoms with E-state index in [-0.39, 0.29) is 17.1 Å². The van der Waals surface area contributed by atoms with Crippen LogP contribution in [0.4, 0.5) is 4.39 Å². The van der Waals surface area contributed by atoms with E-state index in [9.17, 15) is 9.18 Å². The van der Waals surface area contributed by atoms with Crippen LogP contribution in [0.5, 0.6) is 0 Å². The van der Waals surface area contributed by atoms with Crippen molar-refractivity contribution in [1.29, 1.82) is 0 Å². The van der Waals surface area contributed by atoms with Crippen LogP contribution in [0.15, 0.2) is 28.9 Å². The molecule has 4 nitrogen and oxygen atoms in total. The first-order valence-corrected chi connectivity index (χ1v) is 6.33. The van der Waals surface area contributed by atoms with Crippen LogP contribution in [0.25, 0.3) is 0 Å². The smallest absolute Gasteiger partial charge is 0.355 e. The number of rotatable bonds is 3. The lowest BCUT2D eigenvalue weighted by Gasteiger charge is -2.05. The van der Waals surface area contributed by atoms with Crippen molar-refractivity contribution < 1.29 is 14.3 Å². The van der Waals surface area contributed by atoms with Gasteiger partial charge in [0.25, 0.3) is 0 Å². The summed E-state index contributed by atoms with van der Waals surface area (Å²) >= 11 is 8.95. The summed E-state index contributed by atoms with van der Waals surface area (Å²) < 4.78 is 13.2. The van der Waals surface area contributed by atoms with Gasteiger partial charge in [-0.25, -0.2) is 19.2 Å². The summed E-state index contributed by atoms with van der Waals surface area (Å²) in [6.45, 7) is 0. The molecule has 0 amide bonds. The summed E-state index contributed by atoms with van der Waals surface area (Å²) in [4.78, 5) is 18.9. The quantitative estimate of drug-likeness (QED) is 0.927. The van der Waals surface area contributed by atoms with Crippen LogP contribution in [-0.4, -0.2) is 21.0 Å². The van der Waals surface area contributed by atoms with E-state index in [0.717, 1.165) is 0 Å². The standard InChI is InChI=1S/C12H7BrClFN2O2/c13-8-5-16-10(17-11(8)12(18)19)3-6-1-2-7(15)4-9(6)14/h1-2,4-5H,3H2,(H,18,19). The van der Waals surface area contributed by atoms with Gasteiger partial charge in [0.15, 0.2) is 5.69 Å². The number of nitrogens with zero attached hydrogens (tertiary/aromatic N) is 2. The van der Waals surface area contributed by atoms with E-state index in [2.05, 4.69) is 25.9 Å². The molecule has 0 saturated carbocycles. The summed E-state index contributed by atoms with van der Waals surface area (Å²) in [5.41, 5.74) is 0.505. The van der Waals surface area contributed by atoms with Crippen molar-refractivity contribution in [3.8, 4) is 0 Å². The maximum Gasteiger partial charge on any atom is 0.355 e. The lowest BCUT2D eigenvalue weighted by Crippen LogP contribution is -2.07. The summed E-state index contributed by atoms with van der Waals surface area (Å²) in [7, 11) is 0. The molecule has 1 N–H and O–H groups in total. The zero-order chi connectivity index (χ0) is 14.0. The first kappa shape index (κ1) is 13.9. The van der Waals surface area contributed by atoms with Crippen molar-refractivity contribution in [1.82, 2.24) is 9.97 Å². The van der Waals surface area contributed by atoms with Gasteiger partial charge in [0.2, 0.25) is 0 Å². The van der Waals surface area contributed by atoms with Gasteiger partial charge in [-0.3, -0.25) is 0 Å². The minimum atomic E-state index is -1.15. The third-order valence-electron chi connectivity index (χ3n) is 2.36. The monoisotopic (exact) mass is 344 g/mol. The van der Waals surface area contributed by atoms with E-state index < -0.39 is 11.8 Å². The lowest BCUT2D eigenvalue weighted by atomic mass is 10.1. The molecule has 0 spiro atoms. The third-order valence-corrected chi connectivity index (χ3v) is 3.29. The summed E-state index contributed by atoms with van der Waals surface area (Å²) in [6, 6.07) is 3.98. The molecule has 0 aliphatic carbocycles. The summed E-state index contributed by atoms with van der Waals surface area (Å²) in [5.74, 6) is -1.29. The number of aromatic carboxylic acids is 1. The summed E-state index contributed by atoms with van der Waals surface area (Å²) in [6.07, 6.45) is 1.59. The molecule has 1 heterocycles. The molecule has 98 valence electrons. The normalized spacial score (nSPS) is 10.5. The van der Waals surface area contributed by atoms with E-state index in [0.29, 0.717) is 15.9 Å². The number of aromatic nitrogens is 2. The van der Waals surface area contributed by atoms with Gasteiger partial charge in [-0.1, -0.05) is 17.7 Å². The highest BCUT2D eigenvalue weighted by Gasteiger charge is 2.13. The van der Waals surface area contributed by atoms with Crippen LogP contribution >= 0.6 is 27.5 Å². The number of benzene rings is 1. The van der Waals surface area contributed by atoms with Crippen LogP contribution < -0.4 is 0 Å². The fourth-order valence-electron chi connectivity index (χ4n) is 1.47. The minimum Gasteiger partial charge on any atom is -0.476 e. The highest BCUT2D eigenvalue weighted by Crippen LogP contribution is 2.20. The van der Waals surface area contributed by atoms with Crippen LogP contribution in [0, 0.1) is 5.82 Å². The van der Waals surface area contributed by atoms with Gasteiger partial charge in [0, 0.05) is 17.6 Å². The van der Waals surface area contributed by atoms with E-state index in [1.54, 1.807) is 0 Å². The second-order valence-electron chi connectivity index (χ2n) is 3.70. The number of hydrogen-bond acceptors (Lipinski definition) is 3. The maximum absolute atomic E-state index is 12.9. The van der Waals surface area contributed by atoms with Crippen LogP contribution in [0.1, 0.15) is 21.9 Å². The Balaban J connectivity index is 2.33. The molecule has 2 aromatic rings. The van der Waals surface area contributed by atoms with Crippen molar-refractivity contribution in [2.24, 2.45) is 0 Å². The summed E-state index contributed by atoms with van der Waals surface area (Å²) in [5, 5.41) is 9.20. The van der Waals surface area contributed by atoms with E-state index in [1.165, 1.54) is 24.4 Å². The number of carboxylic acid groups (broad SMARTS) is 1. The highest BCUT2D eigenvalue weighted by atomic mass is 79.9. The minimum absolute atomic E-state index is 0.122. The molecule has 0 unspecified atom stereocenters. The molecule has 1 aromatic heterocycles. The average Bonchev–Trinajstić information content (AvgIpc) is 2.34. The predicted octanol–water partition coefficient (Wildman–Crippen LogP) is 3.32. The molecule has 0 atom stereocenters. The fraction of sp³-hybridized carbons (Fsp3) is 0.0833. The zero-order valence-electron chi connectivity index (χ0n) is 9.40. The Labute approximate surface area is 121 Å². The Kier molecular flexibility index (Phi) is 4.11. The largest absolute Gasteiger partial charge is 0.476 e. The molecule has 0 aliphatic rings. The maximum atomic E-state index is 12.9. The molecular weight excluding hydrogens is 338 g/mol. The number of carbonyl (C=O) groups is 1. The van der Waals surface area contributed by atoms with Crippen molar-refractivity contribution in [2.45, 2.75) is 6.42 Å². The van der Waals surface area contributed by atoms with Gasteiger partial charge >= 0.3 is 5.97 Å². The number of carboxylic acids is 1. The van der Waals surface area contributed by atoms with Gasteiger partial charge in [-0.15, -0.1) is 0 Å². The Morgan fingerprint density at radius 1 is 1.47 bits per heavy atom. The molecule has 0 saturated heterocycles. The molecule has 0 bridgehead atoms.